The fourth-order valence-electron chi connectivity index (χ4n) is 3.48. The van der Waals surface area contributed by atoms with Gasteiger partial charge in [0.2, 0.25) is 5.95 Å². The number of aromatic nitrogens is 3. The Morgan fingerprint density at radius 1 is 0.760 bits per heavy atom. The highest BCUT2D eigenvalue weighted by molar-refractivity contribution is 5.83. The van der Waals surface area contributed by atoms with Gasteiger partial charge in [0.25, 0.3) is 0 Å². The summed E-state index contributed by atoms with van der Waals surface area (Å²) < 4.78 is 0. The number of nitrogens with zero attached hydrogens (tertiary/aromatic N) is 5. The summed E-state index contributed by atoms with van der Waals surface area (Å²) in [5, 5.41) is 1.23. The SMILES string of the molecule is Cc1cc(C)nc(N2CCN(c3cc(C)c4ccccc4n3)CC2)n1. The van der Waals surface area contributed by atoms with Crippen molar-refractivity contribution in [2.75, 3.05) is 36.0 Å². The molecule has 0 aliphatic carbocycles. The van der Waals surface area contributed by atoms with E-state index in [0.29, 0.717) is 0 Å². The highest BCUT2D eigenvalue weighted by atomic mass is 15.3. The van der Waals surface area contributed by atoms with Crippen molar-refractivity contribution in [3.63, 3.8) is 0 Å². The van der Waals surface area contributed by atoms with Gasteiger partial charge in [-0.1, -0.05) is 18.2 Å². The van der Waals surface area contributed by atoms with E-state index in [1.54, 1.807) is 0 Å². The van der Waals surface area contributed by atoms with Crippen molar-refractivity contribution in [1.29, 1.82) is 0 Å². The lowest BCUT2D eigenvalue weighted by atomic mass is 10.1. The quantitative estimate of drug-likeness (QED) is 0.720. The van der Waals surface area contributed by atoms with E-state index < -0.39 is 0 Å². The molecule has 0 N–H and O–H groups in total. The van der Waals surface area contributed by atoms with Gasteiger partial charge in [-0.05, 0) is 44.5 Å². The Balaban J connectivity index is 1.54. The van der Waals surface area contributed by atoms with Crippen LogP contribution in [0.1, 0.15) is 17.0 Å². The number of para-hydroxylation sites is 1. The second-order valence-electron chi connectivity index (χ2n) is 6.74. The molecule has 1 aromatic carbocycles. The molecular weight excluding hydrogens is 310 g/mol. The highest BCUT2D eigenvalue weighted by Crippen LogP contribution is 2.23. The second-order valence-corrected chi connectivity index (χ2v) is 6.74. The summed E-state index contributed by atoms with van der Waals surface area (Å²) in [6.07, 6.45) is 0. The van der Waals surface area contributed by atoms with Crippen LogP contribution in [0.3, 0.4) is 0 Å². The van der Waals surface area contributed by atoms with Crippen LogP contribution in [0.25, 0.3) is 10.9 Å². The summed E-state index contributed by atoms with van der Waals surface area (Å²) >= 11 is 0. The molecule has 5 heteroatoms. The first kappa shape index (κ1) is 15.8. The number of pyridine rings is 1. The first-order valence-corrected chi connectivity index (χ1v) is 8.79. The van der Waals surface area contributed by atoms with Gasteiger partial charge < -0.3 is 9.80 Å². The Morgan fingerprint density at radius 3 is 2.12 bits per heavy atom. The topological polar surface area (TPSA) is 45.2 Å². The zero-order valence-corrected chi connectivity index (χ0v) is 15.0. The molecule has 3 aromatic rings. The zero-order valence-electron chi connectivity index (χ0n) is 15.0. The predicted molar refractivity (Wildman–Crippen MR) is 102 cm³/mol. The minimum Gasteiger partial charge on any atom is -0.353 e. The van der Waals surface area contributed by atoms with Crippen molar-refractivity contribution in [1.82, 2.24) is 15.0 Å². The van der Waals surface area contributed by atoms with Gasteiger partial charge in [0, 0.05) is 43.0 Å². The highest BCUT2D eigenvalue weighted by Gasteiger charge is 2.21. The molecule has 128 valence electrons. The molecule has 1 fully saturated rings. The van der Waals surface area contributed by atoms with E-state index in [9.17, 15) is 0 Å². The molecule has 0 atom stereocenters. The van der Waals surface area contributed by atoms with Gasteiger partial charge in [0.15, 0.2) is 0 Å². The number of fused-ring (bicyclic) bond motifs is 1. The molecule has 0 saturated carbocycles. The molecule has 4 rings (SSSR count). The maximum absolute atomic E-state index is 4.86. The third kappa shape index (κ3) is 3.14. The Hall–Kier alpha value is -2.69. The third-order valence-electron chi connectivity index (χ3n) is 4.77. The van der Waals surface area contributed by atoms with Crippen LogP contribution in [-0.4, -0.2) is 41.1 Å². The largest absolute Gasteiger partial charge is 0.353 e. The smallest absolute Gasteiger partial charge is 0.225 e. The van der Waals surface area contributed by atoms with Crippen molar-refractivity contribution in [2.45, 2.75) is 20.8 Å². The molecule has 25 heavy (non-hydrogen) atoms. The van der Waals surface area contributed by atoms with Gasteiger partial charge in [0.05, 0.1) is 5.52 Å². The van der Waals surface area contributed by atoms with E-state index in [2.05, 4.69) is 51.0 Å². The van der Waals surface area contributed by atoms with Crippen LogP contribution in [0.15, 0.2) is 36.4 Å². The molecule has 5 nitrogen and oxygen atoms in total. The van der Waals surface area contributed by atoms with Crippen LogP contribution in [0.4, 0.5) is 11.8 Å². The Bertz CT molecular complexity index is 893. The van der Waals surface area contributed by atoms with Gasteiger partial charge in [-0.25, -0.2) is 15.0 Å². The third-order valence-corrected chi connectivity index (χ3v) is 4.77. The van der Waals surface area contributed by atoms with Crippen molar-refractivity contribution >= 4 is 22.7 Å². The normalized spacial score (nSPS) is 15.0. The van der Waals surface area contributed by atoms with E-state index in [4.69, 9.17) is 4.98 Å². The van der Waals surface area contributed by atoms with Crippen molar-refractivity contribution in [3.05, 3.63) is 53.3 Å². The number of hydrogen-bond acceptors (Lipinski definition) is 5. The van der Waals surface area contributed by atoms with E-state index in [-0.39, 0.29) is 0 Å². The number of rotatable bonds is 2. The van der Waals surface area contributed by atoms with Crippen LogP contribution >= 0.6 is 0 Å². The summed E-state index contributed by atoms with van der Waals surface area (Å²) in [4.78, 5) is 18.7. The van der Waals surface area contributed by atoms with Gasteiger partial charge in [0.1, 0.15) is 5.82 Å². The molecule has 0 bridgehead atoms. The first-order valence-electron chi connectivity index (χ1n) is 8.79. The van der Waals surface area contributed by atoms with Crippen molar-refractivity contribution in [3.8, 4) is 0 Å². The van der Waals surface area contributed by atoms with Crippen molar-refractivity contribution < 1.29 is 0 Å². The van der Waals surface area contributed by atoms with E-state index in [1.807, 2.05) is 26.0 Å². The van der Waals surface area contributed by atoms with Gasteiger partial charge in [-0.2, -0.15) is 0 Å². The molecule has 0 spiro atoms. The van der Waals surface area contributed by atoms with E-state index >= 15 is 0 Å². The molecule has 0 radical (unpaired) electrons. The number of hydrogen-bond donors (Lipinski definition) is 0. The molecule has 1 aliphatic heterocycles. The predicted octanol–water partition coefficient (Wildman–Crippen LogP) is 3.28. The molecule has 0 amide bonds. The molecule has 2 aromatic heterocycles. The van der Waals surface area contributed by atoms with Gasteiger partial charge in [-0.15, -0.1) is 0 Å². The first-order chi connectivity index (χ1) is 12.1. The van der Waals surface area contributed by atoms with Crippen LogP contribution in [-0.2, 0) is 0 Å². The Kier molecular flexibility index (Phi) is 3.99. The number of benzene rings is 1. The summed E-state index contributed by atoms with van der Waals surface area (Å²) in [5.41, 5.74) is 4.40. The van der Waals surface area contributed by atoms with E-state index in [1.165, 1.54) is 10.9 Å². The van der Waals surface area contributed by atoms with Gasteiger partial charge in [-0.3, -0.25) is 0 Å². The monoisotopic (exact) mass is 333 g/mol. The fourth-order valence-corrected chi connectivity index (χ4v) is 3.48. The maximum atomic E-state index is 4.86. The van der Waals surface area contributed by atoms with Crippen LogP contribution in [0.5, 0.6) is 0 Å². The molecule has 1 saturated heterocycles. The van der Waals surface area contributed by atoms with Crippen LogP contribution in [0.2, 0.25) is 0 Å². The average Bonchev–Trinajstić information content (AvgIpc) is 2.61. The summed E-state index contributed by atoms with van der Waals surface area (Å²) in [6.45, 7) is 9.90. The number of anilines is 2. The molecule has 0 unspecified atom stereocenters. The standard InChI is InChI=1S/C20H23N5/c1-14-12-19(23-18-7-5-4-6-17(14)18)24-8-10-25(11-9-24)20-21-15(2)13-16(3)22-20/h4-7,12-13H,8-11H2,1-3H3. The molecule has 3 heterocycles. The summed E-state index contributed by atoms with van der Waals surface area (Å²) in [6, 6.07) is 12.6. The average molecular weight is 333 g/mol. The van der Waals surface area contributed by atoms with Crippen molar-refractivity contribution in [2.24, 2.45) is 0 Å². The summed E-state index contributed by atoms with van der Waals surface area (Å²) in [7, 11) is 0. The lowest BCUT2D eigenvalue weighted by molar-refractivity contribution is 0.633. The molecular formula is C20H23N5. The van der Waals surface area contributed by atoms with Gasteiger partial charge >= 0.3 is 0 Å². The van der Waals surface area contributed by atoms with Crippen LogP contribution in [0, 0.1) is 20.8 Å². The number of piperazine rings is 1. The second kappa shape index (κ2) is 6.31. The minimum absolute atomic E-state index is 0.847. The number of aryl methyl sites for hydroxylation is 3. The lowest BCUT2D eigenvalue weighted by Crippen LogP contribution is -2.47. The maximum Gasteiger partial charge on any atom is 0.225 e. The minimum atomic E-state index is 0.847. The van der Waals surface area contributed by atoms with E-state index in [0.717, 1.165) is 54.8 Å². The lowest BCUT2D eigenvalue weighted by Gasteiger charge is -2.35. The Labute approximate surface area is 148 Å². The molecule has 1 aliphatic rings. The Morgan fingerprint density at radius 2 is 1.40 bits per heavy atom. The summed E-state index contributed by atoms with van der Waals surface area (Å²) in [5.74, 6) is 1.91. The zero-order chi connectivity index (χ0) is 17.4. The van der Waals surface area contributed by atoms with Crippen LogP contribution < -0.4 is 9.80 Å². The fraction of sp³-hybridized carbons (Fsp3) is 0.350.